The summed E-state index contributed by atoms with van der Waals surface area (Å²) in [4.78, 5) is 0. The van der Waals surface area contributed by atoms with Gasteiger partial charge >= 0.3 is 0 Å². The fraction of sp³-hybridized carbons (Fsp3) is 0.333. The first-order chi connectivity index (χ1) is 11.2. The maximum Gasteiger partial charge on any atom is 0.179 e. The number of hydrogen-bond donors (Lipinski definition) is 1. The quantitative estimate of drug-likeness (QED) is 0.732. The van der Waals surface area contributed by atoms with Gasteiger partial charge in [-0.15, -0.1) is 0 Å². The van der Waals surface area contributed by atoms with Crippen molar-refractivity contribution in [2.75, 3.05) is 20.3 Å². The molecule has 0 bridgehead atoms. The summed E-state index contributed by atoms with van der Waals surface area (Å²) in [6.45, 7) is 3.72. The van der Waals surface area contributed by atoms with Gasteiger partial charge in [-0.05, 0) is 49.2 Å². The summed E-state index contributed by atoms with van der Waals surface area (Å²) >= 11 is 6.24. The fourth-order valence-corrected chi connectivity index (χ4v) is 2.60. The largest absolute Gasteiger partial charge is 0.493 e. The molecule has 0 amide bonds. The molecule has 0 spiro atoms. The van der Waals surface area contributed by atoms with Crippen LogP contribution in [0.2, 0.25) is 5.02 Å². The zero-order chi connectivity index (χ0) is 16.7. The minimum atomic E-state index is -0.167. The molecule has 23 heavy (non-hydrogen) atoms. The van der Waals surface area contributed by atoms with E-state index in [2.05, 4.69) is 5.32 Å². The predicted molar refractivity (Wildman–Crippen MR) is 91.0 cm³/mol. The monoisotopic (exact) mass is 337 g/mol. The molecule has 0 saturated carbocycles. The summed E-state index contributed by atoms with van der Waals surface area (Å²) in [7, 11) is 1.59. The van der Waals surface area contributed by atoms with Gasteiger partial charge in [0.05, 0.1) is 18.7 Å². The number of hydrogen-bond acceptors (Lipinski definition) is 3. The molecule has 0 aliphatic heterocycles. The predicted octanol–water partition coefficient (Wildman–Crippen LogP) is 4.22. The lowest BCUT2D eigenvalue weighted by Gasteiger charge is -2.13. The maximum atomic E-state index is 13.5. The molecular weight excluding hydrogens is 317 g/mol. The zero-order valence-electron chi connectivity index (χ0n) is 13.4. The van der Waals surface area contributed by atoms with Crippen LogP contribution in [0.5, 0.6) is 11.5 Å². The van der Waals surface area contributed by atoms with Crippen LogP contribution in [0.1, 0.15) is 18.1 Å². The minimum absolute atomic E-state index is 0.167. The van der Waals surface area contributed by atoms with Gasteiger partial charge in [-0.1, -0.05) is 29.8 Å². The minimum Gasteiger partial charge on any atom is -0.493 e. The van der Waals surface area contributed by atoms with Crippen LogP contribution in [0, 0.1) is 5.82 Å². The second-order valence-electron chi connectivity index (χ2n) is 5.06. The Kier molecular flexibility index (Phi) is 6.68. The lowest BCUT2D eigenvalue weighted by molar-refractivity contribution is 0.311. The Bertz CT molecular complexity index is 649. The van der Waals surface area contributed by atoms with Crippen molar-refractivity contribution in [2.45, 2.75) is 19.9 Å². The highest BCUT2D eigenvalue weighted by Gasteiger charge is 2.11. The van der Waals surface area contributed by atoms with Gasteiger partial charge in [0.25, 0.3) is 0 Å². The highest BCUT2D eigenvalue weighted by Crippen LogP contribution is 2.36. The molecule has 0 saturated heterocycles. The zero-order valence-corrected chi connectivity index (χ0v) is 14.1. The molecule has 0 heterocycles. The van der Waals surface area contributed by atoms with E-state index in [0.29, 0.717) is 48.2 Å². The van der Waals surface area contributed by atoms with Gasteiger partial charge in [-0.3, -0.25) is 0 Å². The Hall–Kier alpha value is -1.78. The fourth-order valence-electron chi connectivity index (χ4n) is 2.32. The van der Waals surface area contributed by atoms with Crippen LogP contribution in [0.3, 0.4) is 0 Å². The van der Waals surface area contributed by atoms with Crippen molar-refractivity contribution in [2.24, 2.45) is 0 Å². The number of methoxy groups -OCH3 is 1. The lowest BCUT2D eigenvalue weighted by Crippen LogP contribution is -2.17. The molecule has 1 N–H and O–H groups in total. The van der Waals surface area contributed by atoms with Gasteiger partial charge in [-0.25, -0.2) is 4.39 Å². The molecule has 5 heteroatoms. The molecule has 0 radical (unpaired) electrons. The van der Waals surface area contributed by atoms with Gasteiger partial charge in [0.1, 0.15) is 5.82 Å². The average Bonchev–Trinajstić information content (AvgIpc) is 2.55. The van der Waals surface area contributed by atoms with Crippen LogP contribution in [0.4, 0.5) is 4.39 Å². The van der Waals surface area contributed by atoms with Crippen LogP contribution in [-0.2, 0) is 13.0 Å². The molecule has 0 aromatic heterocycles. The SMILES string of the molecule is CCOc1c(Cl)cc(CNCCc2ccccc2F)cc1OC. The first-order valence-corrected chi connectivity index (χ1v) is 7.96. The van der Waals surface area contributed by atoms with Crippen LogP contribution >= 0.6 is 11.6 Å². The summed E-state index contributed by atoms with van der Waals surface area (Å²) in [6, 6.07) is 10.6. The van der Waals surface area contributed by atoms with E-state index in [1.165, 1.54) is 6.07 Å². The van der Waals surface area contributed by atoms with E-state index in [1.54, 1.807) is 19.2 Å². The van der Waals surface area contributed by atoms with Crippen LogP contribution in [0.25, 0.3) is 0 Å². The smallest absolute Gasteiger partial charge is 0.179 e. The first kappa shape index (κ1) is 17.6. The Morgan fingerprint density at radius 3 is 2.70 bits per heavy atom. The van der Waals surface area contributed by atoms with Gasteiger partial charge < -0.3 is 14.8 Å². The van der Waals surface area contributed by atoms with Crippen molar-refractivity contribution in [1.29, 1.82) is 0 Å². The van der Waals surface area contributed by atoms with Gasteiger partial charge in [0, 0.05) is 6.54 Å². The summed E-state index contributed by atoms with van der Waals surface area (Å²) in [5.41, 5.74) is 1.70. The van der Waals surface area contributed by atoms with E-state index >= 15 is 0 Å². The Morgan fingerprint density at radius 2 is 2.00 bits per heavy atom. The van der Waals surface area contributed by atoms with Gasteiger partial charge in [0.15, 0.2) is 11.5 Å². The number of halogens is 2. The van der Waals surface area contributed by atoms with Crippen molar-refractivity contribution in [1.82, 2.24) is 5.32 Å². The van der Waals surface area contributed by atoms with Crippen LogP contribution in [0.15, 0.2) is 36.4 Å². The molecule has 0 aliphatic carbocycles. The Balaban J connectivity index is 1.93. The van der Waals surface area contributed by atoms with Gasteiger partial charge in [0.2, 0.25) is 0 Å². The summed E-state index contributed by atoms with van der Waals surface area (Å²) in [6.07, 6.45) is 0.634. The lowest BCUT2D eigenvalue weighted by atomic mass is 10.1. The third-order valence-corrected chi connectivity index (χ3v) is 3.72. The first-order valence-electron chi connectivity index (χ1n) is 7.59. The van der Waals surface area contributed by atoms with Crippen molar-refractivity contribution in [3.63, 3.8) is 0 Å². The van der Waals surface area contributed by atoms with Crippen LogP contribution < -0.4 is 14.8 Å². The molecule has 124 valence electrons. The summed E-state index contributed by atoms with van der Waals surface area (Å²) < 4.78 is 24.3. The summed E-state index contributed by atoms with van der Waals surface area (Å²) in [5, 5.41) is 3.81. The molecule has 0 fully saturated rings. The topological polar surface area (TPSA) is 30.5 Å². The van der Waals surface area contributed by atoms with E-state index in [9.17, 15) is 4.39 Å². The van der Waals surface area contributed by atoms with Crippen molar-refractivity contribution in [3.05, 3.63) is 58.4 Å². The second-order valence-corrected chi connectivity index (χ2v) is 5.47. The molecule has 0 unspecified atom stereocenters. The normalized spacial score (nSPS) is 10.6. The number of benzene rings is 2. The third kappa shape index (κ3) is 4.85. The third-order valence-electron chi connectivity index (χ3n) is 3.44. The van der Waals surface area contributed by atoms with E-state index in [4.69, 9.17) is 21.1 Å². The molecule has 2 rings (SSSR count). The number of ether oxygens (including phenoxy) is 2. The summed E-state index contributed by atoms with van der Waals surface area (Å²) in [5.74, 6) is 1.01. The standard InChI is InChI=1S/C18H21ClFNO2/c1-3-23-18-15(19)10-13(11-17(18)22-2)12-21-9-8-14-6-4-5-7-16(14)20/h4-7,10-11,21H,3,8-9,12H2,1-2H3. The molecule has 0 atom stereocenters. The van der Waals surface area contributed by atoms with E-state index in [-0.39, 0.29) is 5.82 Å². The van der Waals surface area contributed by atoms with Gasteiger partial charge in [-0.2, -0.15) is 0 Å². The van der Waals surface area contributed by atoms with E-state index in [1.807, 2.05) is 25.1 Å². The van der Waals surface area contributed by atoms with E-state index < -0.39 is 0 Å². The molecule has 2 aromatic carbocycles. The Morgan fingerprint density at radius 1 is 1.22 bits per heavy atom. The molecular formula is C18H21ClFNO2. The average molecular weight is 338 g/mol. The maximum absolute atomic E-state index is 13.5. The van der Waals surface area contributed by atoms with Crippen LogP contribution in [-0.4, -0.2) is 20.3 Å². The molecule has 0 aliphatic rings. The van der Waals surface area contributed by atoms with Crippen molar-refractivity contribution >= 4 is 11.6 Å². The number of nitrogens with one attached hydrogen (secondary N) is 1. The number of rotatable bonds is 8. The highest BCUT2D eigenvalue weighted by atomic mass is 35.5. The Labute approximate surface area is 141 Å². The van der Waals surface area contributed by atoms with Crippen molar-refractivity contribution in [3.8, 4) is 11.5 Å². The van der Waals surface area contributed by atoms with E-state index in [0.717, 1.165) is 5.56 Å². The van der Waals surface area contributed by atoms with Crippen molar-refractivity contribution < 1.29 is 13.9 Å². The highest BCUT2D eigenvalue weighted by molar-refractivity contribution is 6.32. The second kappa shape index (κ2) is 8.75. The molecule has 3 nitrogen and oxygen atoms in total. The molecule has 2 aromatic rings.